The molecule has 2 heterocycles. The number of benzene rings is 1. The summed E-state index contributed by atoms with van der Waals surface area (Å²) in [6, 6.07) is 5.47. The van der Waals surface area contributed by atoms with Crippen LogP contribution in [0.1, 0.15) is 51.2 Å². The first-order valence-electron chi connectivity index (χ1n) is 12.1. The summed E-state index contributed by atoms with van der Waals surface area (Å²) < 4.78 is 40.2. The standard InChI is InChI=1S/C26H35F3N4O2/c1-25(2,3)13-23(34)33-15-20(21(16-33)24(35)31(4)5)17-8-10-32(11-9-17)19-7-6-18(14-30)22(12-19)26(27,28)29/h6-7,12,17,20-21H,8-11,13,15-16H2,1-5H3. The molecule has 0 saturated carbocycles. The van der Waals surface area contributed by atoms with Crippen LogP contribution in [0.3, 0.4) is 0 Å². The lowest BCUT2D eigenvalue weighted by Crippen LogP contribution is -2.41. The highest BCUT2D eigenvalue weighted by Gasteiger charge is 2.45. The number of nitrogens with zero attached hydrogens (tertiary/aromatic N) is 4. The van der Waals surface area contributed by atoms with E-state index in [0.29, 0.717) is 38.3 Å². The SMILES string of the molecule is CN(C)C(=O)C1CN(C(=O)CC(C)(C)C)CC1C1CCN(c2ccc(C#N)c(C(F)(F)F)c2)CC1. The second-order valence-electron chi connectivity index (χ2n) is 11.2. The van der Waals surface area contributed by atoms with Crippen LogP contribution in [0.25, 0.3) is 0 Å². The molecule has 0 aliphatic carbocycles. The summed E-state index contributed by atoms with van der Waals surface area (Å²) in [6.45, 7) is 8.13. The number of hydrogen-bond donors (Lipinski definition) is 0. The Kier molecular flexibility index (Phi) is 7.73. The molecule has 6 nitrogen and oxygen atoms in total. The van der Waals surface area contributed by atoms with Crippen molar-refractivity contribution < 1.29 is 22.8 Å². The monoisotopic (exact) mass is 492 g/mol. The number of carbonyl (C=O) groups excluding carboxylic acids is 2. The number of piperidine rings is 1. The summed E-state index contributed by atoms with van der Waals surface area (Å²) in [4.78, 5) is 31.2. The zero-order valence-corrected chi connectivity index (χ0v) is 21.2. The van der Waals surface area contributed by atoms with E-state index in [2.05, 4.69) is 0 Å². The lowest BCUT2D eigenvalue weighted by atomic mass is 9.78. The van der Waals surface area contributed by atoms with Gasteiger partial charge >= 0.3 is 6.18 Å². The van der Waals surface area contributed by atoms with Gasteiger partial charge in [-0.05, 0) is 48.3 Å². The molecule has 35 heavy (non-hydrogen) atoms. The maximum Gasteiger partial charge on any atom is 0.417 e. The third-order valence-electron chi connectivity index (χ3n) is 7.10. The Morgan fingerprint density at radius 3 is 2.26 bits per heavy atom. The molecule has 2 atom stereocenters. The normalized spacial score (nSPS) is 21.7. The van der Waals surface area contributed by atoms with Gasteiger partial charge in [-0.25, -0.2) is 0 Å². The first-order chi connectivity index (χ1) is 16.2. The fraction of sp³-hybridized carbons (Fsp3) is 0.654. The van der Waals surface area contributed by atoms with E-state index in [0.717, 1.165) is 18.9 Å². The summed E-state index contributed by atoms with van der Waals surface area (Å²) in [7, 11) is 3.45. The van der Waals surface area contributed by atoms with Crippen molar-refractivity contribution >= 4 is 17.5 Å². The second kappa shape index (κ2) is 10.1. The van der Waals surface area contributed by atoms with Crippen LogP contribution in [0.4, 0.5) is 18.9 Å². The van der Waals surface area contributed by atoms with E-state index in [-0.39, 0.29) is 40.5 Å². The Morgan fingerprint density at radius 2 is 1.74 bits per heavy atom. The Bertz CT molecular complexity index is 986. The van der Waals surface area contributed by atoms with Gasteiger partial charge in [0.15, 0.2) is 0 Å². The summed E-state index contributed by atoms with van der Waals surface area (Å²) in [5.41, 5.74) is -0.992. The number of anilines is 1. The number of hydrogen-bond acceptors (Lipinski definition) is 4. The van der Waals surface area contributed by atoms with Crippen LogP contribution in [0.2, 0.25) is 0 Å². The van der Waals surface area contributed by atoms with E-state index < -0.39 is 11.7 Å². The van der Waals surface area contributed by atoms with E-state index in [4.69, 9.17) is 5.26 Å². The summed E-state index contributed by atoms with van der Waals surface area (Å²) in [6.07, 6.45) is -2.72. The van der Waals surface area contributed by atoms with Gasteiger partial charge in [0.2, 0.25) is 11.8 Å². The molecule has 2 aliphatic rings. The second-order valence-corrected chi connectivity index (χ2v) is 11.2. The molecule has 2 aliphatic heterocycles. The average molecular weight is 493 g/mol. The van der Waals surface area contributed by atoms with Crippen molar-refractivity contribution in [3.8, 4) is 6.07 Å². The van der Waals surface area contributed by atoms with Crippen molar-refractivity contribution in [1.82, 2.24) is 9.80 Å². The minimum Gasteiger partial charge on any atom is -0.372 e. The highest BCUT2D eigenvalue weighted by Crippen LogP contribution is 2.39. The van der Waals surface area contributed by atoms with Crippen molar-refractivity contribution in [2.24, 2.45) is 23.2 Å². The first-order valence-corrected chi connectivity index (χ1v) is 12.1. The number of alkyl halides is 3. The van der Waals surface area contributed by atoms with Gasteiger partial charge in [-0.15, -0.1) is 0 Å². The molecular weight excluding hydrogens is 457 g/mol. The van der Waals surface area contributed by atoms with E-state index in [1.54, 1.807) is 31.1 Å². The van der Waals surface area contributed by atoms with Crippen LogP contribution < -0.4 is 4.90 Å². The van der Waals surface area contributed by atoms with Crippen molar-refractivity contribution in [1.29, 1.82) is 5.26 Å². The first kappa shape index (κ1) is 26.8. The number of carbonyl (C=O) groups is 2. The van der Waals surface area contributed by atoms with Crippen LogP contribution in [0.5, 0.6) is 0 Å². The maximum atomic E-state index is 13.4. The van der Waals surface area contributed by atoms with E-state index >= 15 is 0 Å². The minimum atomic E-state index is -4.59. The molecule has 2 amide bonds. The van der Waals surface area contributed by atoms with Gasteiger partial charge in [0.1, 0.15) is 0 Å². The lowest BCUT2D eigenvalue weighted by Gasteiger charge is -2.38. The molecule has 2 saturated heterocycles. The molecule has 0 bridgehead atoms. The van der Waals surface area contributed by atoms with E-state index in [1.807, 2.05) is 30.6 Å². The molecule has 9 heteroatoms. The molecule has 0 aromatic heterocycles. The quantitative estimate of drug-likeness (QED) is 0.625. The number of nitriles is 1. The fourth-order valence-corrected chi connectivity index (χ4v) is 5.32. The summed E-state index contributed by atoms with van der Waals surface area (Å²) >= 11 is 0. The van der Waals surface area contributed by atoms with Gasteiger partial charge in [-0.2, -0.15) is 18.4 Å². The van der Waals surface area contributed by atoms with Gasteiger partial charge in [-0.1, -0.05) is 20.8 Å². The molecule has 1 aromatic carbocycles. The number of rotatable bonds is 4. The van der Waals surface area contributed by atoms with Crippen LogP contribution in [0, 0.1) is 34.5 Å². The molecule has 2 unspecified atom stereocenters. The van der Waals surface area contributed by atoms with Crippen LogP contribution in [0.15, 0.2) is 18.2 Å². The Labute approximate surface area is 205 Å². The molecule has 1 aromatic rings. The lowest BCUT2D eigenvalue weighted by molar-refractivity contribution is -0.138. The van der Waals surface area contributed by atoms with Gasteiger partial charge in [0, 0.05) is 52.4 Å². The minimum absolute atomic E-state index is 0.0189. The predicted octanol–water partition coefficient (Wildman–Crippen LogP) is 4.39. The Balaban J connectivity index is 1.74. The molecular formula is C26H35F3N4O2. The van der Waals surface area contributed by atoms with Crippen molar-refractivity contribution in [3.63, 3.8) is 0 Å². The van der Waals surface area contributed by atoms with Crippen molar-refractivity contribution in [2.75, 3.05) is 45.2 Å². The third kappa shape index (κ3) is 6.28. The average Bonchev–Trinajstić information content (AvgIpc) is 3.22. The molecule has 0 spiro atoms. The van der Waals surface area contributed by atoms with Gasteiger partial charge in [0.05, 0.1) is 23.1 Å². The molecule has 0 N–H and O–H groups in total. The number of likely N-dealkylation sites (tertiary alicyclic amines) is 1. The summed E-state index contributed by atoms with van der Waals surface area (Å²) in [5.74, 6) is 0.0459. The third-order valence-corrected chi connectivity index (χ3v) is 7.10. The molecule has 192 valence electrons. The highest BCUT2D eigenvalue weighted by molar-refractivity contribution is 5.82. The molecule has 0 radical (unpaired) electrons. The van der Waals surface area contributed by atoms with Gasteiger partial charge in [0.25, 0.3) is 0 Å². The maximum absolute atomic E-state index is 13.4. The van der Waals surface area contributed by atoms with E-state index in [1.165, 1.54) is 6.07 Å². The molecule has 3 rings (SSSR count). The summed E-state index contributed by atoms with van der Waals surface area (Å²) in [5, 5.41) is 9.05. The Morgan fingerprint density at radius 1 is 1.11 bits per heavy atom. The van der Waals surface area contributed by atoms with Gasteiger partial charge in [-0.3, -0.25) is 9.59 Å². The van der Waals surface area contributed by atoms with E-state index in [9.17, 15) is 22.8 Å². The smallest absolute Gasteiger partial charge is 0.372 e. The zero-order chi connectivity index (χ0) is 26.1. The van der Waals surface area contributed by atoms with Crippen molar-refractivity contribution in [2.45, 2.75) is 46.2 Å². The largest absolute Gasteiger partial charge is 0.417 e. The fourth-order valence-electron chi connectivity index (χ4n) is 5.32. The topological polar surface area (TPSA) is 67.7 Å². The van der Waals surface area contributed by atoms with Crippen LogP contribution >= 0.6 is 0 Å². The van der Waals surface area contributed by atoms with Crippen LogP contribution in [-0.2, 0) is 15.8 Å². The van der Waals surface area contributed by atoms with Gasteiger partial charge < -0.3 is 14.7 Å². The molecule has 2 fully saturated rings. The number of amides is 2. The predicted molar refractivity (Wildman–Crippen MR) is 127 cm³/mol. The zero-order valence-electron chi connectivity index (χ0n) is 21.2. The Hall–Kier alpha value is -2.76. The van der Waals surface area contributed by atoms with Crippen molar-refractivity contribution in [3.05, 3.63) is 29.3 Å². The highest BCUT2D eigenvalue weighted by atomic mass is 19.4. The van der Waals surface area contributed by atoms with Crippen LogP contribution in [-0.4, -0.2) is 61.9 Å². The number of halogens is 3.